The Bertz CT molecular complexity index is 918. The van der Waals surface area contributed by atoms with Crippen LogP contribution in [0.3, 0.4) is 0 Å². The van der Waals surface area contributed by atoms with Crippen LogP contribution in [0.25, 0.3) is 0 Å². The molecule has 0 saturated carbocycles. The van der Waals surface area contributed by atoms with Crippen LogP contribution in [-0.2, 0) is 17.8 Å². The van der Waals surface area contributed by atoms with Crippen molar-refractivity contribution in [2.75, 3.05) is 39.4 Å². The molecule has 1 saturated heterocycles. The summed E-state index contributed by atoms with van der Waals surface area (Å²) in [5.41, 5.74) is 3.22. The lowest BCUT2D eigenvalue weighted by Gasteiger charge is -2.34. The van der Waals surface area contributed by atoms with E-state index in [9.17, 15) is 9.59 Å². The first-order chi connectivity index (χ1) is 15.1. The van der Waals surface area contributed by atoms with Crippen LogP contribution in [-0.4, -0.2) is 60.9 Å². The third-order valence-electron chi connectivity index (χ3n) is 5.94. The average Bonchev–Trinajstić information content (AvgIpc) is 3.26. The van der Waals surface area contributed by atoms with Gasteiger partial charge in [-0.05, 0) is 48.4 Å². The van der Waals surface area contributed by atoms with E-state index >= 15 is 0 Å². The van der Waals surface area contributed by atoms with E-state index in [0.717, 1.165) is 44.2 Å². The third-order valence-corrected chi connectivity index (χ3v) is 5.94. The minimum atomic E-state index is -0.00405. The van der Waals surface area contributed by atoms with Crippen LogP contribution in [0.1, 0.15) is 41.3 Å². The number of benzene rings is 2. The third kappa shape index (κ3) is 5.44. The van der Waals surface area contributed by atoms with Crippen molar-refractivity contribution < 1.29 is 19.1 Å². The minimum Gasteiger partial charge on any atom is -0.494 e. The number of piperazine rings is 1. The molecule has 0 N–H and O–H groups in total. The number of hydrogen-bond donors (Lipinski definition) is 0. The lowest BCUT2D eigenvalue weighted by molar-refractivity contribution is -0.132. The average molecular weight is 423 g/mol. The van der Waals surface area contributed by atoms with Gasteiger partial charge in [-0.15, -0.1) is 0 Å². The molecule has 0 atom stereocenters. The fourth-order valence-corrected chi connectivity index (χ4v) is 4.18. The van der Waals surface area contributed by atoms with E-state index in [1.54, 1.807) is 24.3 Å². The van der Waals surface area contributed by atoms with Crippen molar-refractivity contribution in [1.29, 1.82) is 0 Å². The Kier molecular flexibility index (Phi) is 6.87. The summed E-state index contributed by atoms with van der Waals surface area (Å²) in [7, 11) is 0. The van der Waals surface area contributed by atoms with Gasteiger partial charge in [0.05, 0.1) is 13.2 Å². The second kappa shape index (κ2) is 9.96. The second-order valence-corrected chi connectivity index (χ2v) is 8.08. The summed E-state index contributed by atoms with van der Waals surface area (Å²) in [5, 5.41) is 0. The molecule has 0 aromatic heterocycles. The van der Waals surface area contributed by atoms with Crippen LogP contribution < -0.4 is 9.47 Å². The first-order valence-electron chi connectivity index (χ1n) is 11.1. The van der Waals surface area contributed by atoms with Gasteiger partial charge in [0.25, 0.3) is 0 Å². The highest BCUT2D eigenvalue weighted by molar-refractivity contribution is 5.98. The molecule has 0 unspecified atom stereocenters. The van der Waals surface area contributed by atoms with Crippen molar-refractivity contribution in [3.8, 4) is 11.5 Å². The molecule has 6 nitrogen and oxygen atoms in total. The number of nitrogens with zero attached hydrogens (tertiary/aromatic N) is 2. The molecule has 2 aromatic rings. The van der Waals surface area contributed by atoms with E-state index in [1.165, 1.54) is 11.1 Å². The molecule has 6 heteroatoms. The molecule has 0 aliphatic carbocycles. The Labute approximate surface area is 183 Å². The number of carbonyl (C=O) groups is 2. The van der Waals surface area contributed by atoms with Crippen LogP contribution in [0, 0.1) is 0 Å². The summed E-state index contributed by atoms with van der Waals surface area (Å²) < 4.78 is 11.0. The molecular formula is C25H30N2O4. The number of hydrogen-bond acceptors (Lipinski definition) is 5. The van der Waals surface area contributed by atoms with Gasteiger partial charge in [0.2, 0.25) is 5.91 Å². The normalized spacial score (nSPS) is 16.0. The van der Waals surface area contributed by atoms with E-state index in [4.69, 9.17) is 9.47 Å². The molecule has 1 amide bonds. The number of ketones is 1. The quantitative estimate of drug-likeness (QED) is 0.611. The molecule has 2 aliphatic heterocycles. The maximum Gasteiger partial charge on any atom is 0.223 e. The van der Waals surface area contributed by atoms with Crippen LogP contribution in [0.5, 0.6) is 11.5 Å². The lowest BCUT2D eigenvalue weighted by Crippen LogP contribution is -2.48. The largest absolute Gasteiger partial charge is 0.494 e. The molecule has 2 aliphatic rings. The fourth-order valence-electron chi connectivity index (χ4n) is 4.18. The van der Waals surface area contributed by atoms with Crippen LogP contribution in [0.4, 0.5) is 0 Å². The molecule has 0 radical (unpaired) electrons. The van der Waals surface area contributed by atoms with Crippen LogP contribution in [0.2, 0.25) is 0 Å². The molecule has 2 aromatic carbocycles. The van der Waals surface area contributed by atoms with Crippen molar-refractivity contribution in [1.82, 2.24) is 9.80 Å². The predicted octanol–water partition coefficient (Wildman–Crippen LogP) is 3.33. The van der Waals surface area contributed by atoms with E-state index in [0.29, 0.717) is 25.3 Å². The fraction of sp³-hybridized carbons (Fsp3) is 0.440. The van der Waals surface area contributed by atoms with Crippen molar-refractivity contribution in [2.45, 2.75) is 32.7 Å². The molecule has 4 rings (SSSR count). The minimum absolute atomic E-state index is 0.00405. The SMILES string of the molecule is CCOc1ccc(C(=O)CCC(=O)N2CCN(Cc3ccc4c(c3)CCO4)CC2)cc1. The van der Waals surface area contributed by atoms with E-state index in [1.807, 2.05) is 11.8 Å². The zero-order chi connectivity index (χ0) is 21.6. The van der Waals surface area contributed by atoms with E-state index in [2.05, 4.69) is 23.1 Å². The summed E-state index contributed by atoms with van der Waals surface area (Å²) in [4.78, 5) is 29.3. The molecule has 0 bridgehead atoms. The smallest absolute Gasteiger partial charge is 0.223 e. The van der Waals surface area contributed by atoms with Gasteiger partial charge in [-0.2, -0.15) is 0 Å². The van der Waals surface area contributed by atoms with Crippen LogP contribution >= 0.6 is 0 Å². The monoisotopic (exact) mass is 422 g/mol. The zero-order valence-corrected chi connectivity index (χ0v) is 18.1. The van der Waals surface area contributed by atoms with Gasteiger partial charge in [-0.1, -0.05) is 12.1 Å². The first kappa shape index (κ1) is 21.4. The summed E-state index contributed by atoms with van der Waals surface area (Å²) in [6.07, 6.45) is 1.49. The Balaban J connectivity index is 1.20. The molecular weight excluding hydrogens is 392 g/mol. The highest BCUT2D eigenvalue weighted by Gasteiger charge is 2.22. The summed E-state index contributed by atoms with van der Waals surface area (Å²) in [6, 6.07) is 13.6. The van der Waals surface area contributed by atoms with E-state index in [-0.39, 0.29) is 24.5 Å². The van der Waals surface area contributed by atoms with Gasteiger partial charge in [0.1, 0.15) is 11.5 Å². The number of ether oxygens (including phenoxy) is 2. The number of Topliss-reactive ketones (excluding diaryl/α,β-unsaturated/α-hetero) is 1. The molecule has 1 fully saturated rings. The molecule has 0 spiro atoms. The lowest BCUT2D eigenvalue weighted by atomic mass is 10.1. The summed E-state index contributed by atoms with van der Waals surface area (Å²) >= 11 is 0. The van der Waals surface area contributed by atoms with E-state index < -0.39 is 0 Å². The maximum atomic E-state index is 12.6. The standard InChI is InChI=1S/C25H30N2O4/c1-2-30-22-6-4-20(5-7-22)23(28)8-10-25(29)27-14-12-26(13-15-27)18-19-3-9-24-21(17-19)11-16-31-24/h3-7,9,17H,2,8,10-16,18H2,1H3. The Morgan fingerprint density at radius 2 is 1.77 bits per heavy atom. The summed E-state index contributed by atoms with van der Waals surface area (Å²) in [5.74, 6) is 1.82. The number of amides is 1. The predicted molar refractivity (Wildman–Crippen MR) is 119 cm³/mol. The van der Waals surface area contributed by atoms with Gasteiger partial charge >= 0.3 is 0 Å². The second-order valence-electron chi connectivity index (χ2n) is 8.08. The van der Waals surface area contributed by atoms with Gasteiger partial charge in [0.15, 0.2) is 5.78 Å². The van der Waals surface area contributed by atoms with Gasteiger partial charge in [-0.25, -0.2) is 0 Å². The summed E-state index contributed by atoms with van der Waals surface area (Å²) in [6.45, 7) is 7.32. The Morgan fingerprint density at radius 1 is 1.00 bits per heavy atom. The topological polar surface area (TPSA) is 59.1 Å². The Morgan fingerprint density at radius 3 is 2.52 bits per heavy atom. The van der Waals surface area contributed by atoms with Gasteiger partial charge < -0.3 is 14.4 Å². The Hall–Kier alpha value is -2.86. The number of rotatable bonds is 8. The highest BCUT2D eigenvalue weighted by Crippen LogP contribution is 2.26. The van der Waals surface area contributed by atoms with Crippen molar-refractivity contribution in [2.24, 2.45) is 0 Å². The number of fused-ring (bicyclic) bond motifs is 1. The highest BCUT2D eigenvalue weighted by atomic mass is 16.5. The molecule has 31 heavy (non-hydrogen) atoms. The maximum absolute atomic E-state index is 12.6. The van der Waals surface area contributed by atoms with Gasteiger partial charge in [-0.3, -0.25) is 14.5 Å². The first-order valence-corrected chi connectivity index (χ1v) is 11.1. The van der Waals surface area contributed by atoms with Crippen molar-refractivity contribution >= 4 is 11.7 Å². The molecule has 164 valence electrons. The van der Waals surface area contributed by atoms with Gasteiger partial charge in [0, 0.05) is 57.5 Å². The molecule has 2 heterocycles. The van der Waals surface area contributed by atoms with Crippen molar-refractivity contribution in [3.63, 3.8) is 0 Å². The zero-order valence-electron chi connectivity index (χ0n) is 18.1. The number of carbonyl (C=O) groups excluding carboxylic acids is 2. The van der Waals surface area contributed by atoms with Crippen molar-refractivity contribution in [3.05, 3.63) is 59.2 Å². The van der Waals surface area contributed by atoms with Crippen LogP contribution in [0.15, 0.2) is 42.5 Å².